The predicted molar refractivity (Wildman–Crippen MR) is 173 cm³/mol. The van der Waals surface area contributed by atoms with Crippen molar-refractivity contribution in [3.05, 3.63) is 89.7 Å². The summed E-state index contributed by atoms with van der Waals surface area (Å²) < 4.78 is 31.7. The molecule has 5 N–H and O–H groups in total. The first-order valence-electron chi connectivity index (χ1n) is 14.8. The number of benzene rings is 3. The van der Waals surface area contributed by atoms with Gasteiger partial charge >= 0.3 is 0 Å². The van der Waals surface area contributed by atoms with E-state index in [4.69, 9.17) is 21.9 Å². The number of imidazole rings is 1. The molecule has 9 heteroatoms. The molecular weight excluding hydrogens is 544 g/mol. The summed E-state index contributed by atoms with van der Waals surface area (Å²) in [5.74, 6) is 1.55. The Hall–Kier alpha value is -3.69. The summed E-state index contributed by atoms with van der Waals surface area (Å²) in [5, 5.41) is 7.63. The Bertz CT molecular complexity index is 1610. The molecule has 1 heterocycles. The maximum atomic E-state index is 14.0. The zero-order chi connectivity index (χ0) is 30.5. The molecule has 0 amide bonds. The fourth-order valence-electron chi connectivity index (χ4n) is 5.05. The molecule has 0 saturated carbocycles. The van der Waals surface area contributed by atoms with Crippen LogP contribution in [0.25, 0.3) is 11.0 Å². The van der Waals surface area contributed by atoms with Gasteiger partial charge in [0.25, 0.3) is 10.0 Å². The van der Waals surface area contributed by atoms with Crippen LogP contribution in [0.3, 0.4) is 0 Å². The third-order valence-corrected chi connectivity index (χ3v) is 9.92. The Kier molecular flexibility index (Phi) is 9.74. The lowest BCUT2D eigenvalue weighted by atomic mass is 9.94. The van der Waals surface area contributed by atoms with Crippen molar-refractivity contribution in [2.24, 2.45) is 17.4 Å². The van der Waals surface area contributed by atoms with E-state index in [1.165, 1.54) is 4.31 Å². The van der Waals surface area contributed by atoms with E-state index in [0.29, 0.717) is 30.0 Å². The summed E-state index contributed by atoms with van der Waals surface area (Å²) in [5.41, 5.74) is 15.8. The average Bonchev–Trinajstić information content (AvgIpc) is 3.34. The summed E-state index contributed by atoms with van der Waals surface area (Å²) in [4.78, 5) is 5.28. The molecule has 0 spiro atoms. The SMILES string of the molecule is CCC(N)(CC)CN(c1ccc2c(c1)nc(CCc1ccc(C(=N)N)cc1)n2CCC(C)C)S(=O)(=O)c1ccccc1. The van der Waals surface area contributed by atoms with Gasteiger partial charge in [0.2, 0.25) is 0 Å². The number of hydrogen-bond acceptors (Lipinski definition) is 5. The Morgan fingerprint density at radius 3 is 2.26 bits per heavy atom. The van der Waals surface area contributed by atoms with Crippen molar-refractivity contribution in [3.8, 4) is 0 Å². The zero-order valence-corrected chi connectivity index (χ0v) is 26.0. The Morgan fingerprint density at radius 2 is 1.67 bits per heavy atom. The van der Waals surface area contributed by atoms with E-state index in [1.807, 2.05) is 62.4 Å². The van der Waals surface area contributed by atoms with Crippen molar-refractivity contribution in [2.75, 3.05) is 10.8 Å². The molecule has 224 valence electrons. The van der Waals surface area contributed by atoms with E-state index >= 15 is 0 Å². The average molecular weight is 589 g/mol. The molecule has 42 heavy (non-hydrogen) atoms. The van der Waals surface area contributed by atoms with Crippen LogP contribution < -0.4 is 15.8 Å². The van der Waals surface area contributed by atoms with Crippen molar-refractivity contribution in [3.63, 3.8) is 0 Å². The summed E-state index contributed by atoms with van der Waals surface area (Å²) in [6.45, 7) is 9.41. The Morgan fingerprint density at radius 1 is 1.00 bits per heavy atom. The van der Waals surface area contributed by atoms with Gasteiger partial charge in [0.1, 0.15) is 11.7 Å². The van der Waals surface area contributed by atoms with Crippen molar-refractivity contribution in [1.82, 2.24) is 9.55 Å². The number of aryl methyl sites for hydroxylation is 3. The predicted octanol–water partition coefficient (Wildman–Crippen LogP) is 5.86. The van der Waals surface area contributed by atoms with Gasteiger partial charge in [0.05, 0.1) is 28.2 Å². The van der Waals surface area contributed by atoms with Crippen LogP contribution in [0.5, 0.6) is 0 Å². The van der Waals surface area contributed by atoms with E-state index in [2.05, 4.69) is 18.4 Å². The van der Waals surface area contributed by atoms with E-state index in [1.54, 1.807) is 24.3 Å². The number of nitrogens with two attached hydrogens (primary N) is 2. The van der Waals surface area contributed by atoms with Crippen LogP contribution in [-0.2, 0) is 29.4 Å². The molecule has 0 atom stereocenters. The minimum absolute atomic E-state index is 0.0564. The normalized spacial score (nSPS) is 12.2. The van der Waals surface area contributed by atoms with Gasteiger partial charge in [0, 0.05) is 24.1 Å². The fraction of sp³-hybridized carbons (Fsp3) is 0.394. The topological polar surface area (TPSA) is 131 Å². The number of anilines is 1. The second-order valence-electron chi connectivity index (χ2n) is 11.5. The second kappa shape index (κ2) is 13.1. The molecule has 0 fully saturated rings. The molecular formula is C33H44N6O2S. The van der Waals surface area contributed by atoms with Gasteiger partial charge in [-0.05, 0) is 67.5 Å². The van der Waals surface area contributed by atoms with Gasteiger partial charge in [0.15, 0.2) is 0 Å². The van der Waals surface area contributed by atoms with Gasteiger partial charge in [-0.1, -0.05) is 70.2 Å². The number of nitrogen functional groups attached to an aromatic ring is 1. The highest BCUT2D eigenvalue weighted by atomic mass is 32.2. The van der Waals surface area contributed by atoms with E-state index in [0.717, 1.165) is 48.2 Å². The van der Waals surface area contributed by atoms with E-state index in [9.17, 15) is 8.42 Å². The minimum Gasteiger partial charge on any atom is -0.384 e. The third-order valence-electron chi connectivity index (χ3n) is 8.13. The maximum absolute atomic E-state index is 14.0. The molecule has 0 aliphatic carbocycles. The van der Waals surface area contributed by atoms with Crippen molar-refractivity contribution < 1.29 is 8.42 Å². The molecule has 4 aromatic rings. The summed E-state index contributed by atoms with van der Waals surface area (Å²) in [6.07, 6.45) is 3.81. The van der Waals surface area contributed by atoms with Crippen LogP contribution in [0, 0.1) is 11.3 Å². The number of rotatable bonds is 14. The fourth-order valence-corrected chi connectivity index (χ4v) is 6.63. The number of amidine groups is 1. The van der Waals surface area contributed by atoms with Crippen LogP contribution in [-0.4, -0.2) is 35.9 Å². The molecule has 0 radical (unpaired) electrons. The standard InChI is InChI=1S/C33H44N6O2S/c1-5-33(36,6-2)23-39(42(40,41)28-10-8-7-9-11-28)27-17-18-30-29(22-27)37-31(38(30)21-20-24(3)4)19-14-25-12-15-26(16-13-25)32(34)35/h7-13,15-18,22,24H,5-6,14,19-21,23,36H2,1-4H3,(H3,34,35). The lowest BCUT2D eigenvalue weighted by Gasteiger charge is -2.34. The third kappa shape index (κ3) is 7.02. The van der Waals surface area contributed by atoms with Crippen LogP contribution in [0.2, 0.25) is 0 Å². The van der Waals surface area contributed by atoms with Crippen molar-refractivity contribution in [2.45, 2.75) is 76.8 Å². The molecule has 0 bridgehead atoms. The number of hydrogen-bond donors (Lipinski definition) is 3. The van der Waals surface area contributed by atoms with Gasteiger partial charge < -0.3 is 16.0 Å². The van der Waals surface area contributed by atoms with Crippen LogP contribution >= 0.6 is 0 Å². The quantitative estimate of drug-likeness (QED) is 0.125. The number of fused-ring (bicyclic) bond motifs is 1. The first kappa shape index (κ1) is 31.3. The molecule has 4 rings (SSSR count). The van der Waals surface area contributed by atoms with E-state index < -0.39 is 15.6 Å². The van der Waals surface area contributed by atoms with Crippen molar-refractivity contribution in [1.29, 1.82) is 5.41 Å². The Balaban J connectivity index is 1.75. The lowest BCUT2D eigenvalue weighted by molar-refractivity contribution is 0.406. The smallest absolute Gasteiger partial charge is 0.264 e. The van der Waals surface area contributed by atoms with Gasteiger partial charge in [-0.2, -0.15) is 0 Å². The van der Waals surface area contributed by atoms with Crippen molar-refractivity contribution >= 4 is 32.6 Å². The lowest BCUT2D eigenvalue weighted by Crippen LogP contribution is -2.51. The first-order chi connectivity index (χ1) is 20.0. The van der Waals surface area contributed by atoms with Gasteiger partial charge in [-0.25, -0.2) is 13.4 Å². The largest absolute Gasteiger partial charge is 0.384 e. The number of nitrogens with one attached hydrogen (secondary N) is 1. The Labute approximate surface area is 250 Å². The number of sulfonamides is 1. The molecule has 0 aliphatic heterocycles. The number of nitrogens with zero attached hydrogens (tertiary/aromatic N) is 3. The van der Waals surface area contributed by atoms with E-state index in [-0.39, 0.29) is 17.3 Å². The van der Waals surface area contributed by atoms with Crippen LogP contribution in [0.4, 0.5) is 5.69 Å². The molecule has 1 aromatic heterocycles. The highest BCUT2D eigenvalue weighted by molar-refractivity contribution is 7.92. The monoisotopic (exact) mass is 588 g/mol. The van der Waals surface area contributed by atoms with Gasteiger partial charge in [-0.3, -0.25) is 9.71 Å². The molecule has 8 nitrogen and oxygen atoms in total. The molecule has 0 aliphatic rings. The zero-order valence-electron chi connectivity index (χ0n) is 25.2. The summed E-state index contributed by atoms with van der Waals surface area (Å²) in [7, 11) is -3.86. The first-order valence-corrected chi connectivity index (χ1v) is 16.2. The highest BCUT2D eigenvalue weighted by Gasteiger charge is 2.32. The second-order valence-corrected chi connectivity index (χ2v) is 13.4. The van der Waals surface area contributed by atoms with Gasteiger partial charge in [-0.15, -0.1) is 0 Å². The molecule has 0 saturated heterocycles. The molecule has 3 aromatic carbocycles. The van der Waals surface area contributed by atoms with Crippen LogP contribution in [0.15, 0.2) is 77.7 Å². The highest BCUT2D eigenvalue weighted by Crippen LogP contribution is 2.31. The summed E-state index contributed by atoms with van der Waals surface area (Å²) in [6, 6.07) is 22.0. The maximum Gasteiger partial charge on any atom is 0.264 e. The van der Waals surface area contributed by atoms with Crippen LogP contribution in [0.1, 0.15) is 63.9 Å². The molecule has 0 unspecified atom stereocenters. The number of aromatic nitrogens is 2. The summed E-state index contributed by atoms with van der Waals surface area (Å²) >= 11 is 0. The minimum atomic E-state index is -3.86.